The van der Waals surface area contributed by atoms with Crippen LogP contribution in [0.2, 0.25) is 0 Å². The van der Waals surface area contributed by atoms with Crippen molar-refractivity contribution < 1.29 is 14.6 Å². The van der Waals surface area contributed by atoms with Gasteiger partial charge in [0, 0.05) is 17.6 Å². The molecule has 5 heteroatoms. The first-order chi connectivity index (χ1) is 9.72. The van der Waals surface area contributed by atoms with Crippen LogP contribution >= 0.6 is 15.9 Å². The summed E-state index contributed by atoms with van der Waals surface area (Å²) in [5.74, 6) is 1.51. The number of methoxy groups -OCH3 is 1. The second-order valence-electron chi connectivity index (χ2n) is 4.49. The van der Waals surface area contributed by atoms with Gasteiger partial charge < -0.3 is 19.9 Å². The third-order valence-corrected chi connectivity index (χ3v) is 3.70. The van der Waals surface area contributed by atoms with Crippen LogP contribution in [0.1, 0.15) is 31.7 Å². The molecule has 114 valence electrons. The van der Waals surface area contributed by atoms with E-state index in [0.29, 0.717) is 6.61 Å². The maximum atomic E-state index is 8.71. The van der Waals surface area contributed by atoms with Crippen molar-refractivity contribution in [3.63, 3.8) is 0 Å². The summed E-state index contributed by atoms with van der Waals surface area (Å²) < 4.78 is 11.9. The summed E-state index contributed by atoms with van der Waals surface area (Å²) >= 11 is 3.57. The molecule has 0 aliphatic rings. The molecule has 1 aromatic rings. The number of aliphatic hydroxyl groups is 1. The van der Waals surface area contributed by atoms with Gasteiger partial charge in [0.2, 0.25) is 0 Å². The minimum atomic E-state index is 0.279. The lowest BCUT2D eigenvalue weighted by Crippen LogP contribution is -2.15. The van der Waals surface area contributed by atoms with Crippen molar-refractivity contribution in [2.24, 2.45) is 0 Å². The van der Waals surface area contributed by atoms with Crippen LogP contribution in [-0.2, 0) is 6.54 Å². The van der Waals surface area contributed by atoms with Crippen LogP contribution in [0.4, 0.5) is 0 Å². The molecule has 1 rings (SSSR count). The van der Waals surface area contributed by atoms with E-state index in [4.69, 9.17) is 14.6 Å². The first kappa shape index (κ1) is 17.3. The van der Waals surface area contributed by atoms with E-state index in [-0.39, 0.29) is 6.61 Å². The molecule has 0 bridgehead atoms. The lowest BCUT2D eigenvalue weighted by Gasteiger charge is -2.13. The summed E-state index contributed by atoms with van der Waals surface area (Å²) in [5.41, 5.74) is 1.15. The van der Waals surface area contributed by atoms with E-state index in [1.165, 1.54) is 0 Å². The van der Waals surface area contributed by atoms with E-state index >= 15 is 0 Å². The van der Waals surface area contributed by atoms with Crippen molar-refractivity contribution in [2.75, 3.05) is 26.9 Å². The summed E-state index contributed by atoms with van der Waals surface area (Å²) in [4.78, 5) is 0. The average molecular weight is 346 g/mol. The molecule has 2 N–H and O–H groups in total. The van der Waals surface area contributed by atoms with E-state index in [2.05, 4.69) is 21.2 Å². The van der Waals surface area contributed by atoms with E-state index in [1.54, 1.807) is 7.11 Å². The molecule has 0 aliphatic heterocycles. The zero-order chi connectivity index (χ0) is 14.8. The maximum absolute atomic E-state index is 8.71. The van der Waals surface area contributed by atoms with Gasteiger partial charge in [0.05, 0.1) is 13.7 Å². The molecule has 20 heavy (non-hydrogen) atoms. The molecule has 0 spiro atoms. The van der Waals surface area contributed by atoms with Crippen LogP contribution in [0.5, 0.6) is 11.5 Å². The molecule has 4 nitrogen and oxygen atoms in total. The number of hydrogen-bond acceptors (Lipinski definition) is 4. The fraction of sp³-hybridized carbons (Fsp3) is 0.600. The van der Waals surface area contributed by atoms with E-state index < -0.39 is 0 Å². The Hall–Kier alpha value is -0.780. The molecule has 0 amide bonds. The predicted octanol–water partition coefficient (Wildman–Crippen LogP) is 3.11. The fourth-order valence-corrected chi connectivity index (χ4v) is 2.36. The van der Waals surface area contributed by atoms with Crippen molar-refractivity contribution in [2.45, 2.75) is 32.7 Å². The first-order valence-corrected chi connectivity index (χ1v) is 7.83. The summed E-state index contributed by atoms with van der Waals surface area (Å²) in [6.45, 7) is 4.58. The van der Waals surface area contributed by atoms with Crippen molar-refractivity contribution in [1.29, 1.82) is 0 Å². The van der Waals surface area contributed by atoms with Gasteiger partial charge in [-0.05, 0) is 50.4 Å². The Morgan fingerprint density at radius 2 is 2.00 bits per heavy atom. The molecule has 0 fully saturated rings. The first-order valence-electron chi connectivity index (χ1n) is 7.03. The lowest BCUT2D eigenvalue weighted by molar-refractivity contribution is 0.283. The number of benzene rings is 1. The van der Waals surface area contributed by atoms with Gasteiger partial charge in [0.1, 0.15) is 0 Å². The van der Waals surface area contributed by atoms with Gasteiger partial charge in [-0.25, -0.2) is 0 Å². The molecule has 0 saturated heterocycles. The molecule has 0 radical (unpaired) electrons. The number of aliphatic hydroxyl groups excluding tert-OH is 1. The molecule has 0 heterocycles. The second-order valence-corrected chi connectivity index (χ2v) is 5.34. The van der Waals surface area contributed by atoms with Crippen LogP contribution in [0.15, 0.2) is 16.6 Å². The fourth-order valence-electron chi connectivity index (χ4n) is 1.90. The maximum Gasteiger partial charge on any atom is 0.162 e. The molecule has 1 aromatic carbocycles. The smallest absolute Gasteiger partial charge is 0.162 e. The number of hydrogen-bond donors (Lipinski definition) is 2. The Bertz CT molecular complexity index is 399. The third-order valence-electron chi connectivity index (χ3n) is 2.96. The van der Waals surface area contributed by atoms with Crippen LogP contribution in [-0.4, -0.2) is 32.0 Å². The Labute approximate surface area is 129 Å². The van der Waals surface area contributed by atoms with Crippen LogP contribution in [0, 0.1) is 0 Å². The van der Waals surface area contributed by atoms with Gasteiger partial charge in [-0.2, -0.15) is 0 Å². The van der Waals surface area contributed by atoms with Gasteiger partial charge in [-0.15, -0.1) is 0 Å². The Morgan fingerprint density at radius 3 is 2.65 bits per heavy atom. The summed E-state index contributed by atoms with van der Waals surface area (Å²) in [5, 5.41) is 12.1. The highest BCUT2D eigenvalue weighted by Gasteiger charge is 2.09. The number of nitrogens with one attached hydrogen (secondary N) is 1. The Morgan fingerprint density at radius 1 is 1.20 bits per heavy atom. The van der Waals surface area contributed by atoms with Crippen molar-refractivity contribution in [1.82, 2.24) is 5.32 Å². The Balaban J connectivity index is 2.53. The number of halogens is 1. The zero-order valence-electron chi connectivity index (χ0n) is 12.2. The highest BCUT2D eigenvalue weighted by Crippen LogP contribution is 2.33. The van der Waals surface area contributed by atoms with Gasteiger partial charge in [0.25, 0.3) is 0 Å². The van der Waals surface area contributed by atoms with Crippen molar-refractivity contribution >= 4 is 15.9 Å². The molecular weight excluding hydrogens is 322 g/mol. The van der Waals surface area contributed by atoms with Crippen LogP contribution in [0.25, 0.3) is 0 Å². The van der Waals surface area contributed by atoms with Gasteiger partial charge in [-0.1, -0.05) is 15.9 Å². The zero-order valence-corrected chi connectivity index (χ0v) is 13.8. The van der Waals surface area contributed by atoms with E-state index in [1.807, 2.05) is 19.1 Å². The molecule has 0 aromatic heterocycles. The quantitative estimate of drug-likeness (QED) is 0.639. The SMILES string of the molecule is CCOc1cc(Br)c(CNCCCCCO)cc1OC. The summed E-state index contributed by atoms with van der Waals surface area (Å²) in [6.07, 6.45) is 3.01. The van der Waals surface area contributed by atoms with Gasteiger partial charge in [-0.3, -0.25) is 0 Å². The normalized spacial score (nSPS) is 10.6. The highest BCUT2D eigenvalue weighted by molar-refractivity contribution is 9.10. The minimum absolute atomic E-state index is 0.279. The third kappa shape index (κ3) is 5.69. The number of ether oxygens (including phenoxy) is 2. The number of rotatable bonds is 10. The molecule has 0 unspecified atom stereocenters. The molecule has 0 atom stereocenters. The second kappa shape index (κ2) is 10.0. The van der Waals surface area contributed by atoms with Gasteiger partial charge in [0.15, 0.2) is 11.5 Å². The predicted molar refractivity (Wildman–Crippen MR) is 84.5 cm³/mol. The Kier molecular flexibility index (Phi) is 8.65. The minimum Gasteiger partial charge on any atom is -0.493 e. The van der Waals surface area contributed by atoms with Crippen molar-refractivity contribution in [3.05, 3.63) is 22.2 Å². The highest BCUT2D eigenvalue weighted by atomic mass is 79.9. The van der Waals surface area contributed by atoms with Crippen LogP contribution in [0.3, 0.4) is 0 Å². The largest absolute Gasteiger partial charge is 0.493 e. The lowest BCUT2D eigenvalue weighted by atomic mass is 10.2. The van der Waals surface area contributed by atoms with E-state index in [0.717, 1.165) is 53.9 Å². The molecule has 0 saturated carbocycles. The monoisotopic (exact) mass is 345 g/mol. The summed E-state index contributed by atoms with van der Waals surface area (Å²) in [6, 6.07) is 3.95. The van der Waals surface area contributed by atoms with Crippen molar-refractivity contribution in [3.8, 4) is 11.5 Å². The standard InChI is InChI=1S/C15H24BrNO3/c1-3-20-15-10-13(16)12(9-14(15)19-2)11-17-7-5-4-6-8-18/h9-10,17-18H,3-8,11H2,1-2H3. The number of unbranched alkanes of at least 4 members (excludes halogenated alkanes) is 2. The summed E-state index contributed by atoms with van der Waals surface area (Å²) in [7, 11) is 1.65. The van der Waals surface area contributed by atoms with E-state index in [9.17, 15) is 0 Å². The molecular formula is C15H24BrNO3. The molecule has 0 aliphatic carbocycles. The average Bonchev–Trinajstić information content (AvgIpc) is 2.45. The topological polar surface area (TPSA) is 50.7 Å². The van der Waals surface area contributed by atoms with Gasteiger partial charge >= 0.3 is 0 Å². The van der Waals surface area contributed by atoms with Crippen LogP contribution < -0.4 is 14.8 Å².